The zero-order chi connectivity index (χ0) is 24.6. The van der Waals surface area contributed by atoms with E-state index in [-0.39, 0.29) is 12.0 Å². The van der Waals surface area contributed by atoms with E-state index in [9.17, 15) is 9.59 Å². The minimum Gasteiger partial charge on any atom is -0.444 e. The number of hydrogen-bond donors (Lipinski definition) is 1. The fourth-order valence-corrected chi connectivity index (χ4v) is 3.81. The zero-order valence-electron chi connectivity index (χ0n) is 20.0. The maximum atomic E-state index is 12.7. The molecule has 0 atom stereocenters. The van der Waals surface area contributed by atoms with E-state index in [1.54, 1.807) is 41.3 Å². The molecule has 0 fully saturated rings. The molecule has 8 nitrogen and oxygen atoms in total. The molecule has 3 aromatic rings. The Hall–Kier alpha value is -3.33. The molecule has 0 radical (unpaired) electrons. The summed E-state index contributed by atoms with van der Waals surface area (Å²) in [4.78, 5) is 35.5. The Morgan fingerprint density at radius 3 is 2.71 bits per heavy atom. The van der Waals surface area contributed by atoms with Crippen LogP contribution in [0.15, 0.2) is 66.3 Å². The van der Waals surface area contributed by atoms with Crippen LogP contribution in [0, 0.1) is 0 Å². The van der Waals surface area contributed by atoms with Gasteiger partial charge in [-0.1, -0.05) is 23.9 Å². The van der Waals surface area contributed by atoms with E-state index in [0.717, 1.165) is 16.4 Å². The molecule has 9 heteroatoms. The quantitative estimate of drug-likeness (QED) is 0.356. The molecule has 2 heterocycles. The van der Waals surface area contributed by atoms with E-state index < -0.39 is 5.60 Å². The Bertz CT molecular complexity index is 1100. The van der Waals surface area contributed by atoms with Crippen LogP contribution in [0.2, 0.25) is 0 Å². The Labute approximate surface area is 204 Å². The Morgan fingerprint density at radius 1 is 1.18 bits per heavy atom. The highest BCUT2D eigenvalue weighted by atomic mass is 32.2. The van der Waals surface area contributed by atoms with E-state index in [1.807, 2.05) is 68.1 Å². The van der Waals surface area contributed by atoms with Gasteiger partial charge in [0, 0.05) is 49.1 Å². The first-order valence-electron chi connectivity index (χ1n) is 11.1. The molecule has 0 unspecified atom stereocenters. The van der Waals surface area contributed by atoms with Crippen molar-refractivity contribution >= 4 is 23.8 Å². The van der Waals surface area contributed by atoms with Crippen LogP contribution in [0.3, 0.4) is 0 Å². The highest BCUT2D eigenvalue weighted by Gasteiger charge is 2.22. The maximum absolute atomic E-state index is 12.7. The summed E-state index contributed by atoms with van der Waals surface area (Å²) in [6, 6.07) is 11.2. The van der Waals surface area contributed by atoms with Crippen molar-refractivity contribution < 1.29 is 14.3 Å². The fourth-order valence-electron chi connectivity index (χ4n) is 3.28. The van der Waals surface area contributed by atoms with Crippen molar-refractivity contribution in [2.75, 3.05) is 19.3 Å². The molecular weight excluding hydrogens is 450 g/mol. The lowest BCUT2D eigenvalue weighted by molar-refractivity contribution is 0.0232. The molecule has 3 rings (SSSR count). The van der Waals surface area contributed by atoms with Crippen LogP contribution in [0.25, 0.3) is 5.69 Å². The summed E-state index contributed by atoms with van der Waals surface area (Å²) >= 11 is 1.54. The molecule has 0 aliphatic carbocycles. The first kappa shape index (κ1) is 25.3. The van der Waals surface area contributed by atoms with Gasteiger partial charge in [-0.25, -0.2) is 9.78 Å². The van der Waals surface area contributed by atoms with Gasteiger partial charge in [-0.2, -0.15) is 0 Å². The van der Waals surface area contributed by atoms with E-state index in [0.29, 0.717) is 31.6 Å². The average molecular weight is 482 g/mol. The van der Waals surface area contributed by atoms with Gasteiger partial charge >= 0.3 is 6.09 Å². The van der Waals surface area contributed by atoms with E-state index in [2.05, 4.69) is 15.3 Å². The molecule has 2 aromatic heterocycles. The molecule has 34 heavy (non-hydrogen) atoms. The number of thioether (sulfide) groups is 1. The summed E-state index contributed by atoms with van der Waals surface area (Å²) < 4.78 is 7.50. The number of carbonyl (C=O) groups is 2. The van der Waals surface area contributed by atoms with Crippen molar-refractivity contribution in [1.82, 2.24) is 24.8 Å². The number of nitrogens with zero attached hydrogens (tertiary/aromatic N) is 4. The Balaban J connectivity index is 1.58. The number of rotatable bonds is 9. The molecule has 0 saturated carbocycles. The van der Waals surface area contributed by atoms with Crippen molar-refractivity contribution in [3.8, 4) is 5.69 Å². The highest BCUT2D eigenvalue weighted by molar-refractivity contribution is 7.98. The van der Waals surface area contributed by atoms with Gasteiger partial charge in [0.15, 0.2) is 5.16 Å². The number of hydrogen-bond acceptors (Lipinski definition) is 6. The van der Waals surface area contributed by atoms with Gasteiger partial charge in [0.25, 0.3) is 5.91 Å². The van der Waals surface area contributed by atoms with Crippen LogP contribution in [-0.2, 0) is 11.3 Å². The third-order valence-corrected chi connectivity index (χ3v) is 5.48. The Kier molecular flexibility index (Phi) is 8.70. The predicted molar refractivity (Wildman–Crippen MR) is 133 cm³/mol. The van der Waals surface area contributed by atoms with Gasteiger partial charge in [0.1, 0.15) is 5.60 Å². The predicted octanol–water partition coefficient (Wildman–Crippen LogP) is 4.55. The summed E-state index contributed by atoms with van der Waals surface area (Å²) in [6.45, 7) is 6.78. The summed E-state index contributed by atoms with van der Waals surface area (Å²) in [5.41, 5.74) is 1.77. The molecule has 0 aliphatic heterocycles. The van der Waals surface area contributed by atoms with Gasteiger partial charge in [-0.3, -0.25) is 14.3 Å². The molecule has 0 aliphatic rings. The summed E-state index contributed by atoms with van der Waals surface area (Å²) in [5.74, 6) is -0.163. The van der Waals surface area contributed by atoms with E-state index in [1.165, 1.54) is 0 Å². The molecule has 2 amide bonds. The van der Waals surface area contributed by atoms with Crippen LogP contribution in [0.4, 0.5) is 4.79 Å². The number of amides is 2. The zero-order valence-corrected chi connectivity index (χ0v) is 20.8. The van der Waals surface area contributed by atoms with Gasteiger partial charge < -0.3 is 15.0 Å². The van der Waals surface area contributed by atoms with E-state index >= 15 is 0 Å². The topological polar surface area (TPSA) is 89.4 Å². The lowest BCUT2D eigenvalue weighted by Crippen LogP contribution is -2.38. The lowest BCUT2D eigenvalue weighted by Gasteiger charge is -2.27. The lowest BCUT2D eigenvalue weighted by atomic mass is 10.2. The standard InChI is InChI=1S/C25H31N5O3S/c1-25(2,3)33-24(32)29(18-19-8-6-11-26-17-19)14-7-12-27-22(31)20-9-5-10-21(16-20)30-15-13-28-23(30)34-4/h5-6,8-11,13,15-17H,7,12,14,18H2,1-4H3,(H,27,31). The summed E-state index contributed by atoms with van der Waals surface area (Å²) in [7, 11) is 0. The van der Waals surface area contributed by atoms with Crippen molar-refractivity contribution in [2.24, 2.45) is 0 Å². The molecule has 1 aromatic carbocycles. The highest BCUT2D eigenvalue weighted by Crippen LogP contribution is 2.19. The number of carbonyl (C=O) groups excluding carboxylic acids is 2. The molecule has 0 spiro atoms. The van der Waals surface area contributed by atoms with Crippen LogP contribution in [-0.4, -0.2) is 56.4 Å². The minimum absolute atomic E-state index is 0.163. The largest absolute Gasteiger partial charge is 0.444 e. The number of aromatic nitrogens is 3. The first-order chi connectivity index (χ1) is 16.3. The average Bonchev–Trinajstić information content (AvgIpc) is 3.29. The second-order valence-corrected chi connectivity index (χ2v) is 9.48. The second-order valence-electron chi connectivity index (χ2n) is 8.71. The molecule has 0 bridgehead atoms. The number of pyridine rings is 1. The molecule has 180 valence electrons. The third kappa shape index (κ3) is 7.34. The van der Waals surface area contributed by atoms with Crippen molar-refractivity contribution in [1.29, 1.82) is 0 Å². The monoisotopic (exact) mass is 481 g/mol. The maximum Gasteiger partial charge on any atom is 0.410 e. The van der Waals surface area contributed by atoms with Crippen molar-refractivity contribution in [2.45, 2.75) is 44.5 Å². The van der Waals surface area contributed by atoms with Crippen molar-refractivity contribution in [3.63, 3.8) is 0 Å². The third-order valence-electron chi connectivity index (χ3n) is 4.81. The summed E-state index contributed by atoms with van der Waals surface area (Å²) in [5, 5.41) is 3.80. The second kappa shape index (κ2) is 11.7. The molecular formula is C25H31N5O3S. The number of nitrogens with one attached hydrogen (secondary N) is 1. The van der Waals surface area contributed by atoms with E-state index in [4.69, 9.17) is 4.74 Å². The van der Waals surface area contributed by atoms with Crippen LogP contribution < -0.4 is 5.32 Å². The summed E-state index contributed by atoms with van der Waals surface area (Å²) in [6.07, 6.45) is 9.19. The van der Waals surface area contributed by atoms with Gasteiger partial charge in [0.2, 0.25) is 0 Å². The van der Waals surface area contributed by atoms with Crippen LogP contribution in [0.1, 0.15) is 43.1 Å². The number of ether oxygens (including phenoxy) is 1. The fraction of sp³-hybridized carbons (Fsp3) is 0.360. The smallest absolute Gasteiger partial charge is 0.410 e. The number of benzene rings is 1. The Morgan fingerprint density at radius 2 is 2.00 bits per heavy atom. The van der Waals surface area contributed by atoms with Gasteiger partial charge in [0.05, 0.1) is 6.54 Å². The first-order valence-corrected chi connectivity index (χ1v) is 12.3. The molecule has 0 saturated heterocycles. The normalized spacial score (nSPS) is 11.2. The minimum atomic E-state index is -0.588. The van der Waals surface area contributed by atoms with Crippen LogP contribution >= 0.6 is 11.8 Å². The van der Waals surface area contributed by atoms with Gasteiger partial charge in [-0.15, -0.1) is 0 Å². The SMILES string of the molecule is CSc1nccn1-c1cccc(C(=O)NCCCN(Cc2cccnc2)C(=O)OC(C)(C)C)c1. The number of imidazole rings is 1. The van der Waals surface area contributed by atoms with Crippen molar-refractivity contribution in [3.05, 3.63) is 72.3 Å². The van der Waals surface area contributed by atoms with Gasteiger partial charge in [-0.05, 0) is 63.3 Å². The van der Waals surface area contributed by atoms with Crippen LogP contribution in [0.5, 0.6) is 0 Å². The molecule has 1 N–H and O–H groups in total.